The van der Waals surface area contributed by atoms with Crippen LogP contribution in [-0.4, -0.2) is 69.9 Å². The third-order valence-corrected chi connectivity index (χ3v) is 5.58. The van der Waals surface area contributed by atoms with Gasteiger partial charge in [-0.2, -0.15) is 0 Å². The van der Waals surface area contributed by atoms with Crippen LogP contribution >= 0.6 is 0 Å². The Bertz CT molecular complexity index is 999. The van der Waals surface area contributed by atoms with Crippen molar-refractivity contribution in [2.24, 2.45) is 23.1 Å². The zero-order valence-electron chi connectivity index (χ0n) is 20.6. The largest absolute Gasteiger partial charge is 0.508 e. The first-order valence-electron chi connectivity index (χ1n) is 11.5. The minimum absolute atomic E-state index is 0.0216. The highest BCUT2D eigenvalue weighted by Crippen LogP contribution is 2.11. The Morgan fingerprint density at radius 1 is 0.838 bits per heavy atom. The highest BCUT2D eigenvalue weighted by molar-refractivity contribution is 5.97. The lowest BCUT2D eigenvalue weighted by Crippen LogP contribution is -2.59. The molecule has 14 nitrogen and oxygen atoms in total. The van der Waals surface area contributed by atoms with Crippen LogP contribution in [0.1, 0.15) is 38.7 Å². The molecule has 5 atom stereocenters. The SMILES string of the molecule is CCC(C)C(NC(=O)C(CC(N)=O)NC(=O)C(CC(N)=O)NC(=O)C(N)Cc1ccc(O)cc1)C(=O)O. The van der Waals surface area contributed by atoms with Crippen molar-refractivity contribution in [3.05, 3.63) is 29.8 Å². The summed E-state index contributed by atoms with van der Waals surface area (Å²) in [6.45, 7) is 3.32. The Hall–Kier alpha value is -4.20. The number of benzene rings is 1. The van der Waals surface area contributed by atoms with Gasteiger partial charge in [-0.05, 0) is 30.0 Å². The van der Waals surface area contributed by atoms with E-state index in [-0.39, 0.29) is 12.2 Å². The molecule has 37 heavy (non-hydrogen) atoms. The molecule has 14 heteroatoms. The number of carboxylic acid groups (broad SMARTS) is 1. The van der Waals surface area contributed by atoms with E-state index in [1.807, 2.05) is 0 Å². The van der Waals surface area contributed by atoms with E-state index in [0.717, 1.165) is 0 Å². The number of phenolic OH excluding ortho intramolecular Hbond substituents is 1. The molecule has 0 fully saturated rings. The summed E-state index contributed by atoms with van der Waals surface area (Å²) in [5, 5.41) is 25.6. The standard InChI is InChI=1S/C23H34N6O8/c1-3-11(2)19(23(36)37)29-22(35)16(10-18(26)32)28-21(34)15(9-17(25)31)27-20(33)14(24)8-12-4-6-13(30)7-5-12/h4-7,11,14-16,19,30H,3,8-10,24H2,1-2H3,(H2,25,31)(H2,26,32)(H,27,33)(H,28,34)(H,29,35)(H,36,37). The second-order valence-electron chi connectivity index (χ2n) is 8.65. The summed E-state index contributed by atoms with van der Waals surface area (Å²) >= 11 is 0. The van der Waals surface area contributed by atoms with Gasteiger partial charge in [0.05, 0.1) is 18.9 Å². The smallest absolute Gasteiger partial charge is 0.326 e. The average Bonchev–Trinajstić information content (AvgIpc) is 2.81. The zero-order chi connectivity index (χ0) is 28.3. The number of rotatable bonds is 15. The van der Waals surface area contributed by atoms with Crippen molar-refractivity contribution < 1.29 is 39.0 Å². The van der Waals surface area contributed by atoms with Gasteiger partial charge in [-0.1, -0.05) is 32.4 Å². The Labute approximate surface area is 213 Å². The van der Waals surface area contributed by atoms with Crippen LogP contribution < -0.4 is 33.2 Å². The number of aromatic hydroxyl groups is 1. The molecule has 5 unspecified atom stereocenters. The van der Waals surface area contributed by atoms with Crippen molar-refractivity contribution >= 4 is 35.5 Å². The van der Waals surface area contributed by atoms with Crippen LogP contribution in [0, 0.1) is 5.92 Å². The molecule has 0 aliphatic heterocycles. The third-order valence-electron chi connectivity index (χ3n) is 5.58. The topological polar surface area (TPSA) is 257 Å². The lowest BCUT2D eigenvalue weighted by Gasteiger charge is -2.25. The van der Waals surface area contributed by atoms with Gasteiger partial charge in [-0.15, -0.1) is 0 Å². The molecule has 0 radical (unpaired) electrons. The van der Waals surface area contributed by atoms with Crippen LogP contribution in [0.15, 0.2) is 24.3 Å². The number of amides is 5. The lowest BCUT2D eigenvalue weighted by molar-refractivity contribution is -0.144. The summed E-state index contributed by atoms with van der Waals surface area (Å²) in [4.78, 5) is 72.8. The number of hydrogen-bond donors (Lipinski definition) is 8. The van der Waals surface area contributed by atoms with Crippen molar-refractivity contribution in [3.8, 4) is 5.75 Å². The van der Waals surface area contributed by atoms with Crippen LogP contribution in [0.3, 0.4) is 0 Å². The Morgan fingerprint density at radius 3 is 1.73 bits per heavy atom. The number of carbonyl (C=O) groups is 6. The zero-order valence-corrected chi connectivity index (χ0v) is 20.6. The number of hydrogen-bond acceptors (Lipinski definition) is 8. The molecule has 0 aromatic heterocycles. The molecular formula is C23H34N6O8. The van der Waals surface area contributed by atoms with Crippen molar-refractivity contribution in [3.63, 3.8) is 0 Å². The predicted molar refractivity (Wildman–Crippen MR) is 130 cm³/mol. The molecule has 1 rings (SSSR count). The molecule has 0 spiro atoms. The highest BCUT2D eigenvalue weighted by Gasteiger charge is 2.33. The molecule has 5 amide bonds. The van der Waals surface area contributed by atoms with Gasteiger partial charge < -0.3 is 43.4 Å². The van der Waals surface area contributed by atoms with E-state index in [0.29, 0.717) is 12.0 Å². The Morgan fingerprint density at radius 2 is 1.30 bits per heavy atom. The van der Waals surface area contributed by atoms with Gasteiger partial charge in [0.25, 0.3) is 0 Å². The predicted octanol–water partition coefficient (Wildman–Crippen LogP) is -2.40. The van der Waals surface area contributed by atoms with Gasteiger partial charge >= 0.3 is 5.97 Å². The first-order chi connectivity index (χ1) is 17.2. The normalized spacial score (nSPS) is 14.8. The van der Waals surface area contributed by atoms with Crippen LogP contribution in [0.5, 0.6) is 5.75 Å². The van der Waals surface area contributed by atoms with Crippen LogP contribution in [0.4, 0.5) is 0 Å². The number of carbonyl (C=O) groups excluding carboxylic acids is 5. The molecular weight excluding hydrogens is 488 g/mol. The third kappa shape index (κ3) is 10.5. The summed E-state index contributed by atoms with van der Waals surface area (Å²) < 4.78 is 0. The van der Waals surface area contributed by atoms with Crippen molar-refractivity contribution in [1.82, 2.24) is 16.0 Å². The molecule has 0 bridgehead atoms. The van der Waals surface area contributed by atoms with Gasteiger partial charge in [0.2, 0.25) is 29.5 Å². The number of primary amides is 2. The minimum Gasteiger partial charge on any atom is -0.508 e. The maximum absolute atomic E-state index is 12.9. The van der Waals surface area contributed by atoms with E-state index in [4.69, 9.17) is 17.2 Å². The van der Waals surface area contributed by atoms with E-state index >= 15 is 0 Å². The second-order valence-corrected chi connectivity index (χ2v) is 8.65. The molecule has 0 saturated carbocycles. The molecule has 1 aromatic rings. The maximum atomic E-state index is 12.9. The number of nitrogens with one attached hydrogen (secondary N) is 3. The monoisotopic (exact) mass is 522 g/mol. The van der Waals surface area contributed by atoms with E-state index < -0.39 is 78.4 Å². The van der Waals surface area contributed by atoms with Crippen molar-refractivity contribution in [1.29, 1.82) is 0 Å². The van der Waals surface area contributed by atoms with E-state index in [1.54, 1.807) is 26.0 Å². The fraction of sp³-hybridized carbons (Fsp3) is 0.478. The number of nitrogens with two attached hydrogens (primary N) is 3. The van der Waals surface area contributed by atoms with Crippen LogP contribution in [0.25, 0.3) is 0 Å². The van der Waals surface area contributed by atoms with Gasteiger partial charge in [-0.3, -0.25) is 24.0 Å². The fourth-order valence-electron chi connectivity index (χ4n) is 3.29. The summed E-state index contributed by atoms with van der Waals surface area (Å²) in [5.41, 5.74) is 16.9. The van der Waals surface area contributed by atoms with Gasteiger partial charge in [0.1, 0.15) is 23.9 Å². The first-order valence-corrected chi connectivity index (χ1v) is 11.5. The Kier molecular flexibility index (Phi) is 12.0. The Balaban J connectivity index is 3.00. The van der Waals surface area contributed by atoms with Gasteiger partial charge in [0, 0.05) is 0 Å². The summed E-state index contributed by atoms with van der Waals surface area (Å²) in [6.07, 6.45) is -0.877. The maximum Gasteiger partial charge on any atom is 0.326 e. The fourth-order valence-corrected chi connectivity index (χ4v) is 3.29. The molecule has 0 aliphatic carbocycles. The summed E-state index contributed by atoms with van der Waals surface area (Å²) in [7, 11) is 0. The molecule has 1 aromatic carbocycles. The van der Waals surface area contributed by atoms with E-state index in [9.17, 15) is 39.0 Å². The average molecular weight is 523 g/mol. The summed E-state index contributed by atoms with van der Waals surface area (Å²) in [5.74, 6) is -6.53. The quantitative estimate of drug-likeness (QED) is 0.122. The number of phenols is 1. The van der Waals surface area contributed by atoms with Crippen LogP contribution in [0.2, 0.25) is 0 Å². The molecule has 204 valence electrons. The minimum atomic E-state index is -1.59. The van der Waals surface area contributed by atoms with Gasteiger partial charge in [0.15, 0.2) is 0 Å². The lowest BCUT2D eigenvalue weighted by atomic mass is 9.98. The van der Waals surface area contributed by atoms with E-state index in [2.05, 4.69) is 16.0 Å². The first kappa shape index (κ1) is 30.8. The number of carboxylic acids is 1. The highest BCUT2D eigenvalue weighted by atomic mass is 16.4. The van der Waals surface area contributed by atoms with Crippen molar-refractivity contribution in [2.45, 2.75) is 63.7 Å². The molecule has 0 saturated heterocycles. The molecule has 0 aliphatic rings. The summed E-state index contributed by atoms with van der Waals surface area (Å²) in [6, 6.07) is 0.317. The van der Waals surface area contributed by atoms with Crippen molar-refractivity contribution in [2.75, 3.05) is 0 Å². The van der Waals surface area contributed by atoms with E-state index in [1.165, 1.54) is 12.1 Å². The second kappa shape index (κ2) is 14.4. The van der Waals surface area contributed by atoms with Crippen LogP contribution in [-0.2, 0) is 35.2 Å². The van der Waals surface area contributed by atoms with Gasteiger partial charge in [-0.25, -0.2) is 4.79 Å². The molecule has 0 heterocycles. The number of aliphatic carboxylic acids is 1. The molecule has 11 N–H and O–H groups in total.